The minimum absolute atomic E-state index is 0.0302. The number of nitro groups is 1. The number of hydrogen-bond acceptors (Lipinski definition) is 7. The Bertz CT molecular complexity index is 1110. The first-order valence-corrected chi connectivity index (χ1v) is 11.0. The van der Waals surface area contributed by atoms with Crippen LogP contribution < -0.4 is 10.1 Å². The first-order chi connectivity index (χ1) is 15.2. The van der Waals surface area contributed by atoms with Crippen molar-refractivity contribution in [2.24, 2.45) is 7.05 Å². The van der Waals surface area contributed by atoms with E-state index in [0.29, 0.717) is 22.6 Å². The third kappa shape index (κ3) is 5.85. The van der Waals surface area contributed by atoms with Crippen molar-refractivity contribution in [2.45, 2.75) is 38.5 Å². The van der Waals surface area contributed by atoms with Crippen LogP contribution in [-0.4, -0.2) is 31.3 Å². The maximum absolute atomic E-state index is 12.2. The van der Waals surface area contributed by atoms with Gasteiger partial charge < -0.3 is 14.6 Å². The number of anilines is 1. The zero-order valence-corrected chi connectivity index (χ0v) is 19.2. The highest BCUT2D eigenvalue weighted by atomic mass is 32.2. The highest BCUT2D eigenvalue weighted by Crippen LogP contribution is 2.28. The summed E-state index contributed by atoms with van der Waals surface area (Å²) in [6.45, 7) is 6.53. The third-order valence-electron chi connectivity index (χ3n) is 4.77. The van der Waals surface area contributed by atoms with Crippen molar-refractivity contribution in [3.05, 3.63) is 69.5 Å². The van der Waals surface area contributed by atoms with Crippen LogP contribution >= 0.6 is 11.8 Å². The number of aromatic nitrogens is 3. The molecule has 10 heteroatoms. The minimum Gasteiger partial charge on any atom is -0.485 e. The smallest absolute Gasteiger partial charge is 0.269 e. The van der Waals surface area contributed by atoms with Gasteiger partial charge in [0.2, 0.25) is 5.91 Å². The molecule has 0 atom stereocenters. The number of benzene rings is 2. The van der Waals surface area contributed by atoms with Gasteiger partial charge in [-0.25, -0.2) is 0 Å². The number of carbonyl (C=O) groups excluding carboxylic acids is 1. The van der Waals surface area contributed by atoms with Gasteiger partial charge in [-0.3, -0.25) is 14.9 Å². The zero-order valence-electron chi connectivity index (χ0n) is 18.4. The molecule has 0 unspecified atom stereocenters. The molecule has 0 fully saturated rings. The Hall–Kier alpha value is -3.40. The number of thioether (sulfide) groups is 1. The first-order valence-electron chi connectivity index (χ1n) is 10.0. The van der Waals surface area contributed by atoms with Crippen molar-refractivity contribution < 1.29 is 14.5 Å². The fourth-order valence-electron chi connectivity index (χ4n) is 2.98. The van der Waals surface area contributed by atoms with Crippen LogP contribution in [0.3, 0.4) is 0 Å². The quantitative estimate of drug-likeness (QED) is 0.288. The van der Waals surface area contributed by atoms with Gasteiger partial charge in [-0.15, -0.1) is 10.2 Å². The van der Waals surface area contributed by atoms with Crippen LogP contribution in [-0.2, 0) is 18.4 Å². The van der Waals surface area contributed by atoms with E-state index in [1.54, 1.807) is 4.57 Å². The topological polar surface area (TPSA) is 112 Å². The number of nitrogens with zero attached hydrogens (tertiary/aromatic N) is 4. The average molecular weight is 456 g/mol. The van der Waals surface area contributed by atoms with E-state index in [2.05, 4.69) is 41.5 Å². The van der Waals surface area contributed by atoms with E-state index in [9.17, 15) is 14.9 Å². The van der Waals surface area contributed by atoms with Gasteiger partial charge in [0, 0.05) is 24.9 Å². The molecule has 0 aliphatic rings. The lowest BCUT2D eigenvalue weighted by Gasteiger charge is -2.14. The number of rotatable bonds is 9. The van der Waals surface area contributed by atoms with Crippen LogP contribution in [0.5, 0.6) is 5.75 Å². The number of ether oxygens (including phenoxy) is 1. The number of hydrogen-bond donors (Lipinski definition) is 1. The second-order valence-corrected chi connectivity index (χ2v) is 8.53. The van der Waals surface area contributed by atoms with Gasteiger partial charge in [-0.1, -0.05) is 37.7 Å². The monoisotopic (exact) mass is 455 g/mol. The predicted octanol–water partition coefficient (Wildman–Crippen LogP) is 4.46. The number of non-ortho nitro benzene ring substituents is 1. The molecule has 2 aromatic carbocycles. The second-order valence-electron chi connectivity index (χ2n) is 7.58. The molecule has 0 radical (unpaired) electrons. The van der Waals surface area contributed by atoms with Gasteiger partial charge in [-0.05, 0) is 42.2 Å². The summed E-state index contributed by atoms with van der Waals surface area (Å²) in [4.78, 5) is 22.4. The summed E-state index contributed by atoms with van der Waals surface area (Å²) in [5.74, 6) is 1.70. The van der Waals surface area contributed by atoms with Crippen molar-refractivity contribution in [1.29, 1.82) is 0 Å². The molecule has 0 saturated heterocycles. The molecule has 3 aromatic rings. The van der Waals surface area contributed by atoms with Crippen molar-refractivity contribution in [3.8, 4) is 5.75 Å². The van der Waals surface area contributed by atoms with E-state index in [0.717, 1.165) is 16.9 Å². The molecule has 0 aliphatic heterocycles. The molecule has 0 bridgehead atoms. The molecular formula is C22H25N5O4S. The lowest BCUT2D eigenvalue weighted by atomic mass is 10.0. The number of aryl methyl sites for hydroxylation is 1. The molecule has 9 nitrogen and oxygen atoms in total. The van der Waals surface area contributed by atoms with Gasteiger partial charge in [0.15, 0.2) is 11.0 Å². The molecule has 0 saturated carbocycles. The number of carbonyl (C=O) groups is 1. The van der Waals surface area contributed by atoms with Crippen molar-refractivity contribution >= 4 is 29.0 Å². The first kappa shape index (κ1) is 23.3. The lowest BCUT2D eigenvalue weighted by molar-refractivity contribution is -0.384. The van der Waals surface area contributed by atoms with Crippen molar-refractivity contribution in [2.75, 3.05) is 11.1 Å². The van der Waals surface area contributed by atoms with Crippen LogP contribution in [0, 0.1) is 17.0 Å². The van der Waals surface area contributed by atoms with Crippen molar-refractivity contribution in [1.82, 2.24) is 14.8 Å². The molecule has 3 rings (SSSR count). The summed E-state index contributed by atoms with van der Waals surface area (Å²) < 4.78 is 7.83. The Morgan fingerprint density at radius 1 is 1.22 bits per heavy atom. The fourth-order valence-corrected chi connectivity index (χ4v) is 3.71. The van der Waals surface area contributed by atoms with Gasteiger partial charge in [0.1, 0.15) is 12.4 Å². The minimum atomic E-state index is -0.487. The largest absolute Gasteiger partial charge is 0.485 e. The maximum atomic E-state index is 12.2. The summed E-state index contributed by atoms with van der Waals surface area (Å²) >= 11 is 1.25. The lowest BCUT2D eigenvalue weighted by Crippen LogP contribution is -2.14. The second kappa shape index (κ2) is 10.3. The van der Waals surface area contributed by atoms with Crippen LogP contribution in [0.25, 0.3) is 0 Å². The van der Waals surface area contributed by atoms with Crippen LogP contribution in [0.1, 0.15) is 36.7 Å². The maximum Gasteiger partial charge on any atom is 0.269 e. The fraction of sp³-hybridized carbons (Fsp3) is 0.318. The van der Waals surface area contributed by atoms with E-state index in [4.69, 9.17) is 4.74 Å². The van der Waals surface area contributed by atoms with Gasteiger partial charge in [-0.2, -0.15) is 0 Å². The number of nitrogens with one attached hydrogen (secondary N) is 1. The number of nitro benzene ring substituents is 1. The summed E-state index contributed by atoms with van der Waals surface area (Å²) in [5.41, 5.74) is 2.72. The Morgan fingerprint density at radius 3 is 2.59 bits per heavy atom. The molecular weight excluding hydrogens is 430 g/mol. The molecule has 32 heavy (non-hydrogen) atoms. The standard InChI is InChI=1S/C22H25N5O4S/c1-14(2)18-10-5-15(3)11-19(18)31-12-20-24-25-22(26(20)4)32-13-21(28)23-16-6-8-17(9-7-16)27(29)30/h5-11,14H,12-13H2,1-4H3,(H,23,28). The van der Waals surface area contributed by atoms with Gasteiger partial charge in [0.25, 0.3) is 5.69 Å². The third-order valence-corrected chi connectivity index (χ3v) is 5.79. The molecule has 1 heterocycles. The molecule has 1 N–H and O–H groups in total. The molecule has 0 spiro atoms. The van der Waals surface area contributed by atoms with Gasteiger partial charge >= 0.3 is 0 Å². The van der Waals surface area contributed by atoms with E-state index in [-0.39, 0.29) is 24.0 Å². The summed E-state index contributed by atoms with van der Waals surface area (Å²) in [6.07, 6.45) is 0. The summed E-state index contributed by atoms with van der Waals surface area (Å²) in [5, 5.41) is 22.4. The SMILES string of the molecule is Cc1ccc(C(C)C)c(OCc2nnc(SCC(=O)Nc3ccc([N+](=O)[O-])cc3)n2C)c1. The number of amides is 1. The van der Waals surface area contributed by atoms with E-state index < -0.39 is 4.92 Å². The zero-order chi connectivity index (χ0) is 23.3. The van der Waals surface area contributed by atoms with Crippen LogP contribution in [0.2, 0.25) is 0 Å². The van der Waals surface area contributed by atoms with Crippen LogP contribution in [0.4, 0.5) is 11.4 Å². The summed E-state index contributed by atoms with van der Waals surface area (Å²) in [7, 11) is 1.83. The molecule has 1 amide bonds. The normalized spacial score (nSPS) is 10.9. The Kier molecular flexibility index (Phi) is 7.47. The molecule has 0 aliphatic carbocycles. The average Bonchev–Trinajstić information content (AvgIpc) is 3.10. The molecule has 1 aromatic heterocycles. The Morgan fingerprint density at radius 2 is 1.94 bits per heavy atom. The van der Waals surface area contributed by atoms with Crippen LogP contribution in [0.15, 0.2) is 47.6 Å². The van der Waals surface area contributed by atoms with Crippen molar-refractivity contribution in [3.63, 3.8) is 0 Å². The van der Waals surface area contributed by atoms with E-state index >= 15 is 0 Å². The van der Waals surface area contributed by atoms with E-state index in [1.165, 1.54) is 36.0 Å². The van der Waals surface area contributed by atoms with Gasteiger partial charge in [0.05, 0.1) is 10.7 Å². The Labute approximate surface area is 190 Å². The highest BCUT2D eigenvalue weighted by Gasteiger charge is 2.14. The molecule has 168 valence electrons. The Balaban J connectivity index is 1.56. The predicted molar refractivity (Wildman–Crippen MR) is 123 cm³/mol. The summed E-state index contributed by atoms with van der Waals surface area (Å²) in [6, 6.07) is 11.8. The highest BCUT2D eigenvalue weighted by molar-refractivity contribution is 7.99. The van der Waals surface area contributed by atoms with E-state index in [1.807, 2.05) is 20.0 Å².